The zero-order valence-electron chi connectivity index (χ0n) is 18.4. The van der Waals surface area contributed by atoms with Gasteiger partial charge in [0.05, 0.1) is 12.2 Å². The van der Waals surface area contributed by atoms with Crippen LogP contribution in [0.5, 0.6) is 5.75 Å². The molecule has 2 aromatic carbocycles. The SMILES string of the molecule is CCCCOc1ccccc1C(=O)NC1C2CN3CCN(C2)CC1(c1ccccc1)C3. The predicted octanol–water partition coefficient (Wildman–Crippen LogP) is 3.16. The van der Waals surface area contributed by atoms with Crippen molar-refractivity contribution in [3.8, 4) is 5.75 Å². The lowest BCUT2D eigenvalue weighted by Gasteiger charge is -2.55. The van der Waals surface area contributed by atoms with Gasteiger partial charge in [-0.3, -0.25) is 4.79 Å². The zero-order valence-corrected chi connectivity index (χ0v) is 18.4. The van der Waals surface area contributed by atoms with Crippen LogP contribution in [0.4, 0.5) is 0 Å². The number of carbonyl (C=O) groups excluding carboxylic acids is 1. The summed E-state index contributed by atoms with van der Waals surface area (Å²) in [6, 6.07) is 18.6. The first-order chi connectivity index (χ1) is 15.2. The Kier molecular flexibility index (Phi) is 5.72. The molecule has 6 rings (SSSR count). The molecule has 4 saturated heterocycles. The van der Waals surface area contributed by atoms with E-state index in [0.717, 1.165) is 52.1 Å². The quantitative estimate of drug-likeness (QED) is 0.701. The van der Waals surface area contributed by atoms with Crippen LogP contribution in [0.25, 0.3) is 0 Å². The molecule has 0 aromatic heterocycles. The summed E-state index contributed by atoms with van der Waals surface area (Å²) in [5.74, 6) is 1.11. The Morgan fingerprint density at radius 3 is 2.42 bits per heavy atom. The first-order valence-corrected chi connectivity index (χ1v) is 11.7. The Hall–Kier alpha value is -2.37. The van der Waals surface area contributed by atoms with Crippen molar-refractivity contribution in [2.45, 2.75) is 31.2 Å². The number of rotatable bonds is 7. The van der Waals surface area contributed by atoms with Crippen LogP contribution in [0.15, 0.2) is 54.6 Å². The van der Waals surface area contributed by atoms with Gasteiger partial charge in [0, 0.05) is 56.6 Å². The summed E-state index contributed by atoms with van der Waals surface area (Å²) in [6.45, 7) is 9.17. The molecule has 1 N–H and O–H groups in total. The van der Waals surface area contributed by atoms with Crippen LogP contribution in [-0.2, 0) is 5.41 Å². The Morgan fingerprint density at radius 2 is 1.71 bits per heavy atom. The predicted molar refractivity (Wildman–Crippen MR) is 123 cm³/mol. The van der Waals surface area contributed by atoms with Gasteiger partial charge in [0.15, 0.2) is 0 Å². The highest BCUT2D eigenvalue weighted by Gasteiger charge is 2.55. The molecule has 4 fully saturated rings. The minimum atomic E-state index is -0.0768. The minimum Gasteiger partial charge on any atom is -0.493 e. The molecule has 31 heavy (non-hydrogen) atoms. The van der Waals surface area contributed by atoms with Crippen molar-refractivity contribution in [2.75, 3.05) is 45.9 Å². The third-order valence-electron chi connectivity index (χ3n) is 7.32. The molecule has 5 nitrogen and oxygen atoms in total. The third kappa shape index (κ3) is 3.85. The molecule has 0 spiro atoms. The summed E-state index contributed by atoms with van der Waals surface area (Å²) in [4.78, 5) is 18.7. The lowest BCUT2D eigenvalue weighted by Crippen LogP contribution is -2.70. The molecule has 1 amide bonds. The number of nitrogens with one attached hydrogen (secondary N) is 1. The minimum absolute atomic E-state index is 0.0106. The highest BCUT2D eigenvalue weighted by molar-refractivity contribution is 5.97. The van der Waals surface area contributed by atoms with Crippen molar-refractivity contribution in [3.63, 3.8) is 0 Å². The first-order valence-electron chi connectivity index (χ1n) is 11.7. The third-order valence-corrected chi connectivity index (χ3v) is 7.32. The maximum atomic E-state index is 13.5. The number of unbranched alkanes of at least 4 members (excludes halogenated alkanes) is 1. The number of benzene rings is 2. The molecule has 3 atom stereocenters. The van der Waals surface area contributed by atoms with Crippen LogP contribution in [0, 0.1) is 5.92 Å². The largest absolute Gasteiger partial charge is 0.493 e. The molecule has 4 aliphatic heterocycles. The Labute approximate surface area is 185 Å². The van der Waals surface area contributed by atoms with E-state index < -0.39 is 0 Å². The Bertz CT molecular complexity index is 900. The van der Waals surface area contributed by atoms with Crippen LogP contribution in [-0.4, -0.2) is 67.6 Å². The summed E-state index contributed by atoms with van der Waals surface area (Å²) in [6.07, 6.45) is 2.06. The van der Waals surface area contributed by atoms with E-state index in [-0.39, 0.29) is 17.4 Å². The number of hydrogen-bond donors (Lipinski definition) is 1. The van der Waals surface area contributed by atoms with Crippen LogP contribution in [0.2, 0.25) is 0 Å². The fourth-order valence-electron chi connectivity index (χ4n) is 5.89. The van der Waals surface area contributed by atoms with Gasteiger partial charge in [-0.05, 0) is 24.1 Å². The lowest BCUT2D eigenvalue weighted by molar-refractivity contribution is 0.0180. The molecule has 0 saturated carbocycles. The van der Waals surface area contributed by atoms with Crippen LogP contribution in [0.1, 0.15) is 35.7 Å². The number of piperidine rings is 2. The number of carbonyl (C=O) groups is 1. The molecule has 0 radical (unpaired) electrons. The smallest absolute Gasteiger partial charge is 0.255 e. The van der Waals surface area contributed by atoms with Gasteiger partial charge in [-0.2, -0.15) is 0 Å². The number of fused-ring (bicyclic) bond motifs is 1. The second kappa shape index (κ2) is 8.64. The van der Waals surface area contributed by atoms with Crippen molar-refractivity contribution < 1.29 is 9.53 Å². The molecular formula is C26H33N3O2. The normalized spacial score (nSPS) is 31.3. The summed E-state index contributed by atoms with van der Waals surface area (Å²) >= 11 is 0. The average molecular weight is 420 g/mol. The first kappa shape index (κ1) is 20.5. The van der Waals surface area contributed by atoms with Gasteiger partial charge >= 0.3 is 0 Å². The maximum absolute atomic E-state index is 13.5. The Balaban J connectivity index is 1.45. The van der Waals surface area contributed by atoms with E-state index in [9.17, 15) is 4.79 Å². The number of hydrogen-bond acceptors (Lipinski definition) is 4. The fourth-order valence-corrected chi connectivity index (χ4v) is 5.89. The van der Waals surface area contributed by atoms with E-state index >= 15 is 0 Å². The van der Waals surface area contributed by atoms with E-state index in [1.54, 1.807) is 0 Å². The lowest BCUT2D eigenvalue weighted by atomic mass is 9.64. The number of para-hydroxylation sites is 1. The molecule has 4 heterocycles. The zero-order chi connectivity index (χ0) is 21.3. The van der Waals surface area contributed by atoms with Gasteiger partial charge in [-0.1, -0.05) is 55.8 Å². The molecular weight excluding hydrogens is 386 g/mol. The van der Waals surface area contributed by atoms with Gasteiger partial charge in [-0.25, -0.2) is 0 Å². The highest BCUT2D eigenvalue weighted by atomic mass is 16.5. The summed E-state index contributed by atoms with van der Waals surface area (Å²) in [5.41, 5.74) is 1.91. The van der Waals surface area contributed by atoms with Crippen molar-refractivity contribution in [1.82, 2.24) is 15.1 Å². The van der Waals surface area contributed by atoms with Gasteiger partial charge in [0.25, 0.3) is 5.91 Å². The van der Waals surface area contributed by atoms with E-state index in [0.29, 0.717) is 23.8 Å². The van der Waals surface area contributed by atoms with Gasteiger partial charge in [0.2, 0.25) is 0 Å². The van der Waals surface area contributed by atoms with Gasteiger partial charge in [-0.15, -0.1) is 0 Å². The summed E-state index contributed by atoms with van der Waals surface area (Å²) in [7, 11) is 0. The molecule has 4 bridgehead atoms. The van der Waals surface area contributed by atoms with Crippen LogP contribution >= 0.6 is 0 Å². The van der Waals surface area contributed by atoms with Crippen molar-refractivity contribution >= 4 is 5.91 Å². The average Bonchev–Trinajstić information content (AvgIpc) is 3.05. The van der Waals surface area contributed by atoms with E-state index in [2.05, 4.69) is 52.4 Å². The van der Waals surface area contributed by atoms with E-state index in [4.69, 9.17) is 4.74 Å². The Morgan fingerprint density at radius 1 is 1.03 bits per heavy atom. The van der Waals surface area contributed by atoms with Crippen LogP contribution < -0.4 is 10.1 Å². The topological polar surface area (TPSA) is 44.8 Å². The van der Waals surface area contributed by atoms with Crippen molar-refractivity contribution in [1.29, 1.82) is 0 Å². The van der Waals surface area contributed by atoms with Crippen LogP contribution in [0.3, 0.4) is 0 Å². The standard InChI is InChI=1S/C26H33N3O2/c1-2-3-15-31-23-12-8-7-11-22(23)25(30)27-24-20-16-28-13-14-29(17-20)19-26(24,18-28)21-9-5-4-6-10-21/h4-12,20,24H,2-3,13-19H2,1H3,(H,27,30). The molecule has 164 valence electrons. The summed E-state index contributed by atoms with van der Waals surface area (Å²) < 4.78 is 5.96. The van der Waals surface area contributed by atoms with Gasteiger partial charge in [0.1, 0.15) is 5.75 Å². The number of nitrogens with zero attached hydrogens (tertiary/aromatic N) is 2. The molecule has 0 aliphatic carbocycles. The monoisotopic (exact) mass is 419 g/mol. The molecule has 4 aliphatic rings. The maximum Gasteiger partial charge on any atom is 0.255 e. The molecule has 5 heteroatoms. The number of ether oxygens (including phenoxy) is 1. The summed E-state index contributed by atoms with van der Waals surface area (Å²) in [5, 5.41) is 3.50. The van der Waals surface area contributed by atoms with E-state index in [1.165, 1.54) is 5.56 Å². The molecule has 2 aromatic rings. The second-order valence-electron chi connectivity index (χ2n) is 9.40. The van der Waals surface area contributed by atoms with E-state index in [1.807, 2.05) is 24.3 Å². The second-order valence-corrected chi connectivity index (χ2v) is 9.40. The highest BCUT2D eigenvalue weighted by Crippen LogP contribution is 2.43. The van der Waals surface area contributed by atoms with Crippen molar-refractivity contribution in [3.05, 3.63) is 65.7 Å². The fraction of sp³-hybridized carbons (Fsp3) is 0.500. The van der Waals surface area contributed by atoms with Gasteiger partial charge < -0.3 is 19.9 Å². The molecule has 3 unspecified atom stereocenters. The number of amides is 1. The van der Waals surface area contributed by atoms with Crippen molar-refractivity contribution in [2.24, 2.45) is 5.92 Å².